The molecule has 0 saturated heterocycles. The summed E-state index contributed by atoms with van der Waals surface area (Å²) in [6.07, 6.45) is 0.185. The molecular formula is C41H39N5O9. The zero-order valence-corrected chi connectivity index (χ0v) is 30.0. The summed E-state index contributed by atoms with van der Waals surface area (Å²) in [6, 6.07) is 27.3. The number of aryl methyl sites for hydroxylation is 2. The van der Waals surface area contributed by atoms with E-state index in [0.29, 0.717) is 24.3 Å². The van der Waals surface area contributed by atoms with Gasteiger partial charge in [0.2, 0.25) is 23.5 Å². The molecule has 2 heterocycles. The van der Waals surface area contributed by atoms with Gasteiger partial charge in [-0.2, -0.15) is 0 Å². The molecule has 0 bridgehead atoms. The molecule has 1 aromatic heterocycles. The Labute approximate surface area is 316 Å². The number of Topliss-reactive ketones (excluding diaryl/α,β-unsaturated/α-hetero) is 1. The van der Waals surface area contributed by atoms with Gasteiger partial charge < -0.3 is 29.8 Å². The van der Waals surface area contributed by atoms with Crippen LogP contribution in [0.25, 0.3) is 11.1 Å². The van der Waals surface area contributed by atoms with Gasteiger partial charge in [0.25, 0.3) is 11.8 Å². The summed E-state index contributed by atoms with van der Waals surface area (Å²) in [5.41, 5.74) is 2.87. The number of methoxy groups -OCH3 is 1. The van der Waals surface area contributed by atoms with E-state index in [-0.39, 0.29) is 42.1 Å². The van der Waals surface area contributed by atoms with Gasteiger partial charge in [-0.25, -0.2) is 4.98 Å². The number of oxazole rings is 1. The van der Waals surface area contributed by atoms with E-state index in [2.05, 4.69) is 15.6 Å². The van der Waals surface area contributed by atoms with Crippen LogP contribution < -0.4 is 25.2 Å². The van der Waals surface area contributed by atoms with Crippen molar-refractivity contribution in [1.82, 2.24) is 15.6 Å². The molecule has 2 atom stereocenters. The van der Waals surface area contributed by atoms with E-state index < -0.39 is 60.4 Å². The van der Waals surface area contributed by atoms with Crippen molar-refractivity contribution >= 4 is 57.9 Å². The molecule has 1 aliphatic heterocycles. The van der Waals surface area contributed by atoms with Crippen molar-refractivity contribution in [3.63, 3.8) is 0 Å². The predicted molar refractivity (Wildman–Crippen MR) is 202 cm³/mol. The third kappa shape index (κ3) is 9.22. The van der Waals surface area contributed by atoms with E-state index in [1.807, 2.05) is 60.7 Å². The lowest BCUT2D eigenvalue weighted by Gasteiger charge is -2.26. The fraction of sp³-hybridized carbons (Fsp3) is 0.244. The van der Waals surface area contributed by atoms with Crippen LogP contribution in [-0.4, -0.2) is 77.8 Å². The Hall–Kier alpha value is -6.83. The summed E-state index contributed by atoms with van der Waals surface area (Å²) in [7, 11) is 1.41. The molecule has 0 fully saturated rings. The van der Waals surface area contributed by atoms with E-state index in [4.69, 9.17) is 9.15 Å². The molecule has 4 amide bonds. The highest BCUT2D eigenvalue weighted by Gasteiger charge is 2.38. The molecule has 0 spiro atoms. The summed E-state index contributed by atoms with van der Waals surface area (Å²) in [5.74, 6) is -4.73. The number of carboxylic acid groups (broad SMARTS) is 1. The number of nitrogens with one attached hydrogen (secondary N) is 2. The Morgan fingerprint density at radius 3 is 2.13 bits per heavy atom. The molecule has 6 rings (SSSR count). The summed E-state index contributed by atoms with van der Waals surface area (Å²) in [6.45, 7) is -0.886. The van der Waals surface area contributed by atoms with Gasteiger partial charge in [-0.05, 0) is 48.2 Å². The van der Waals surface area contributed by atoms with Gasteiger partial charge >= 0.3 is 5.97 Å². The third-order valence-electron chi connectivity index (χ3n) is 9.12. The first-order valence-electron chi connectivity index (χ1n) is 17.7. The number of rotatable bonds is 15. The lowest BCUT2D eigenvalue weighted by atomic mass is 10.1. The average Bonchev–Trinajstić information content (AvgIpc) is 3.60. The standard InChI is InChI=1S/C41H39N5O9/c1-54-33-18-10-15-28-39(33)55-40(44-28)38(52)29(23-37(50)51)42-35(48)25-46-32-17-9-8-16-31(32)45(36(49)22-20-27-13-6-3-7-14-27)24-30(41(46)53)43-34(47)21-19-26-11-4-2-5-12-26/h2-18,29-30H,19-25H2,1H3,(H,42,48)(H,43,47)(H,50,51)/t29-,30?/m0/s1. The number of hydrogen-bond donors (Lipinski definition) is 3. The molecule has 1 unspecified atom stereocenters. The number of carbonyl (C=O) groups excluding carboxylic acids is 5. The number of benzene rings is 4. The van der Waals surface area contributed by atoms with Crippen LogP contribution in [-0.2, 0) is 36.8 Å². The monoisotopic (exact) mass is 745 g/mol. The minimum atomic E-state index is -1.62. The quantitative estimate of drug-likeness (QED) is 0.132. The summed E-state index contributed by atoms with van der Waals surface area (Å²) in [4.78, 5) is 87.5. The third-order valence-corrected chi connectivity index (χ3v) is 9.12. The first-order chi connectivity index (χ1) is 26.6. The van der Waals surface area contributed by atoms with Crippen molar-refractivity contribution in [2.75, 3.05) is 30.0 Å². The highest BCUT2D eigenvalue weighted by atomic mass is 16.5. The fourth-order valence-electron chi connectivity index (χ4n) is 6.40. The SMILES string of the molecule is COc1cccc2nc(C(=O)[C@H](CC(=O)O)NC(=O)CN3C(=O)C(NC(=O)CCc4ccccc4)CN(C(=O)CCc4ccccc4)c4ccccc43)oc12. The average molecular weight is 746 g/mol. The van der Waals surface area contributed by atoms with E-state index >= 15 is 0 Å². The van der Waals surface area contributed by atoms with E-state index in [0.717, 1.165) is 16.0 Å². The van der Waals surface area contributed by atoms with Crippen LogP contribution in [0.5, 0.6) is 5.75 Å². The van der Waals surface area contributed by atoms with Crippen LogP contribution in [0, 0.1) is 0 Å². The Kier molecular flexibility index (Phi) is 11.9. The second kappa shape index (κ2) is 17.3. The molecule has 0 saturated carbocycles. The zero-order valence-electron chi connectivity index (χ0n) is 30.0. The topological polar surface area (TPSA) is 188 Å². The number of ether oxygens (including phenoxy) is 1. The maximum absolute atomic E-state index is 14.4. The van der Waals surface area contributed by atoms with Gasteiger partial charge in [0.05, 0.1) is 31.5 Å². The number of anilines is 2. The molecule has 0 aliphatic carbocycles. The lowest BCUT2D eigenvalue weighted by Crippen LogP contribution is -2.55. The minimum Gasteiger partial charge on any atom is -0.493 e. The maximum atomic E-state index is 14.4. The highest BCUT2D eigenvalue weighted by molar-refractivity contribution is 6.10. The molecule has 5 aromatic rings. The number of hydrogen-bond acceptors (Lipinski definition) is 9. The molecule has 14 nitrogen and oxygen atoms in total. The molecule has 282 valence electrons. The lowest BCUT2D eigenvalue weighted by molar-refractivity contribution is -0.137. The largest absolute Gasteiger partial charge is 0.493 e. The highest BCUT2D eigenvalue weighted by Crippen LogP contribution is 2.34. The van der Waals surface area contributed by atoms with Crippen molar-refractivity contribution in [2.24, 2.45) is 0 Å². The van der Waals surface area contributed by atoms with Gasteiger partial charge in [-0.15, -0.1) is 0 Å². The minimum absolute atomic E-state index is 0.0594. The van der Waals surface area contributed by atoms with Crippen LogP contribution in [0.2, 0.25) is 0 Å². The number of amides is 4. The number of para-hydroxylation sites is 3. The Morgan fingerprint density at radius 1 is 0.836 bits per heavy atom. The second-order valence-electron chi connectivity index (χ2n) is 12.9. The zero-order chi connectivity index (χ0) is 38.9. The van der Waals surface area contributed by atoms with E-state index in [9.17, 15) is 33.9 Å². The van der Waals surface area contributed by atoms with Crippen molar-refractivity contribution in [1.29, 1.82) is 0 Å². The smallest absolute Gasteiger partial charge is 0.305 e. The van der Waals surface area contributed by atoms with Crippen LogP contribution in [0.3, 0.4) is 0 Å². The molecule has 4 aromatic carbocycles. The first kappa shape index (κ1) is 37.9. The molecule has 55 heavy (non-hydrogen) atoms. The van der Waals surface area contributed by atoms with Crippen molar-refractivity contribution < 1.29 is 43.0 Å². The van der Waals surface area contributed by atoms with Crippen molar-refractivity contribution in [3.05, 3.63) is 120 Å². The fourth-order valence-corrected chi connectivity index (χ4v) is 6.40. The van der Waals surface area contributed by atoms with Crippen LogP contribution in [0.15, 0.2) is 108 Å². The number of fused-ring (bicyclic) bond motifs is 2. The van der Waals surface area contributed by atoms with Crippen molar-refractivity contribution in [2.45, 2.75) is 44.2 Å². The van der Waals surface area contributed by atoms with Crippen LogP contribution >= 0.6 is 0 Å². The Balaban J connectivity index is 1.26. The molecule has 1 aliphatic rings. The number of ketones is 1. The Morgan fingerprint density at radius 2 is 1.47 bits per heavy atom. The second-order valence-corrected chi connectivity index (χ2v) is 12.9. The van der Waals surface area contributed by atoms with Gasteiger partial charge in [-0.1, -0.05) is 78.9 Å². The molecule has 14 heteroatoms. The number of aliphatic carboxylic acids is 1. The van der Waals surface area contributed by atoms with Crippen LogP contribution in [0.4, 0.5) is 11.4 Å². The summed E-state index contributed by atoms with van der Waals surface area (Å²) < 4.78 is 10.9. The predicted octanol–water partition coefficient (Wildman–Crippen LogP) is 4.11. The van der Waals surface area contributed by atoms with Gasteiger partial charge in [-0.3, -0.25) is 33.7 Å². The van der Waals surface area contributed by atoms with Gasteiger partial charge in [0.1, 0.15) is 24.1 Å². The first-order valence-corrected chi connectivity index (χ1v) is 17.7. The number of nitrogens with zero attached hydrogens (tertiary/aromatic N) is 3. The van der Waals surface area contributed by atoms with E-state index in [1.54, 1.807) is 42.5 Å². The number of aromatic nitrogens is 1. The van der Waals surface area contributed by atoms with E-state index in [1.165, 1.54) is 12.0 Å². The number of carboxylic acids is 1. The Bertz CT molecular complexity index is 2210. The molecular weight excluding hydrogens is 706 g/mol. The normalized spacial score (nSPS) is 14.4. The van der Waals surface area contributed by atoms with Gasteiger partial charge in [0.15, 0.2) is 11.3 Å². The van der Waals surface area contributed by atoms with Crippen LogP contribution in [0.1, 0.15) is 41.1 Å². The van der Waals surface area contributed by atoms with Crippen molar-refractivity contribution in [3.8, 4) is 5.75 Å². The molecule has 0 radical (unpaired) electrons. The summed E-state index contributed by atoms with van der Waals surface area (Å²) in [5, 5.41) is 14.9. The number of carbonyl (C=O) groups is 6. The summed E-state index contributed by atoms with van der Waals surface area (Å²) >= 11 is 0. The molecule has 3 N–H and O–H groups in total. The van der Waals surface area contributed by atoms with Gasteiger partial charge in [0, 0.05) is 12.8 Å². The maximum Gasteiger partial charge on any atom is 0.305 e.